The van der Waals surface area contributed by atoms with Crippen molar-refractivity contribution < 1.29 is 19.1 Å². The molecule has 2 aromatic carbocycles. The van der Waals surface area contributed by atoms with Crippen LogP contribution in [0.5, 0.6) is 5.75 Å². The van der Waals surface area contributed by atoms with E-state index in [1.807, 2.05) is 25.1 Å². The zero-order valence-electron chi connectivity index (χ0n) is 14.9. The Bertz CT molecular complexity index is 855. The molecule has 0 heterocycles. The van der Waals surface area contributed by atoms with Gasteiger partial charge in [-0.3, -0.25) is 9.59 Å². The lowest BCUT2D eigenvalue weighted by Crippen LogP contribution is -2.30. The zero-order chi connectivity index (χ0) is 19.1. The average Bonchev–Trinajstić information content (AvgIpc) is 2.62. The van der Waals surface area contributed by atoms with Crippen LogP contribution in [-0.2, 0) is 20.7 Å². The smallest absolute Gasteiger partial charge is 0.311 e. The molecule has 0 radical (unpaired) electrons. The molecule has 6 heteroatoms. The van der Waals surface area contributed by atoms with Crippen LogP contribution >= 0.6 is 0 Å². The number of esters is 1. The average molecular weight is 352 g/mol. The molecular formula is C20H20N2O4. The molecule has 0 aliphatic rings. The molecule has 0 unspecified atom stereocenters. The maximum atomic E-state index is 12.2. The Kier molecular flexibility index (Phi) is 6.34. The molecule has 1 atom stereocenters. The third-order valence-electron chi connectivity index (χ3n) is 3.75. The summed E-state index contributed by atoms with van der Waals surface area (Å²) < 4.78 is 10.5. The topological polar surface area (TPSA) is 88.4 Å². The first kappa shape index (κ1) is 19.0. The minimum absolute atomic E-state index is 0.00272. The SMILES string of the molecule is COc1ccc(C)cc1CC(=O)O[C@@H](C)C(=O)Nc1ccccc1C#N. The summed E-state index contributed by atoms with van der Waals surface area (Å²) in [6.07, 6.45) is -0.998. The van der Waals surface area contributed by atoms with Gasteiger partial charge < -0.3 is 14.8 Å². The first-order valence-electron chi connectivity index (χ1n) is 8.07. The predicted octanol–water partition coefficient (Wildman–Crippen LogP) is 2.99. The van der Waals surface area contributed by atoms with Gasteiger partial charge in [-0.15, -0.1) is 0 Å². The molecular weight excluding hydrogens is 332 g/mol. The first-order chi connectivity index (χ1) is 12.4. The largest absolute Gasteiger partial charge is 0.496 e. The van der Waals surface area contributed by atoms with Gasteiger partial charge in [-0.2, -0.15) is 5.26 Å². The van der Waals surface area contributed by atoms with Gasteiger partial charge >= 0.3 is 5.97 Å². The van der Waals surface area contributed by atoms with E-state index in [2.05, 4.69) is 5.32 Å². The number of carbonyl (C=O) groups excluding carboxylic acids is 2. The van der Waals surface area contributed by atoms with Crippen LogP contribution in [0.3, 0.4) is 0 Å². The lowest BCUT2D eigenvalue weighted by molar-refractivity contribution is -0.152. The quantitative estimate of drug-likeness (QED) is 0.808. The summed E-state index contributed by atoms with van der Waals surface area (Å²) in [6, 6.07) is 14.1. The molecule has 1 amide bonds. The van der Waals surface area contributed by atoms with Gasteiger partial charge in [0, 0.05) is 5.56 Å². The molecule has 134 valence electrons. The van der Waals surface area contributed by atoms with Crippen LogP contribution in [0.15, 0.2) is 42.5 Å². The Morgan fingerprint density at radius 3 is 2.65 bits per heavy atom. The molecule has 2 rings (SSSR count). The lowest BCUT2D eigenvalue weighted by Gasteiger charge is -2.15. The Balaban J connectivity index is 1.99. The van der Waals surface area contributed by atoms with Crippen molar-refractivity contribution in [3.8, 4) is 11.8 Å². The van der Waals surface area contributed by atoms with Crippen molar-refractivity contribution in [1.29, 1.82) is 5.26 Å². The van der Waals surface area contributed by atoms with Crippen molar-refractivity contribution in [3.63, 3.8) is 0 Å². The molecule has 0 bridgehead atoms. The van der Waals surface area contributed by atoms with E-state index in [1.54, 1.807) is 30.3 Å². The molecule has 0 aromatic heterocycles. The van der Waals surface area contributed by atoms with Gasteiger partial charge in [-0.1, -0.05) is 29.8 Å². The van der Waals surface area contributed by atoms with Crippen LogP contribution in [-0.4, -0.2) is 25.1 Å². The third kappa shape index (κ3) is 4.84. The van der Waals surface area contributed by atoms with Crippen molar-refractivity contribution in [3.05, 3.63) is 59.2 Å². The summed E-state index contributed by atoms with van der Waals surface area (Å²) in [5.74, 6) is -0.449. The number of rotatable bonds is 6. The molecule has 0 saturated carbocycles. The molecule has 6 nitrogen and oxygen atoms in total. The van der Waals surface area contributed by atoms with Crippen LogP contribution in [0.25, 0.3) is 0 Å². The molecule has 26 heavy (non-hydrogen) atoms. The van der Waals surface area contributed by atoms with Crippen LogP contribution in [0, 0.1) is 18.3 Å². The molecule has 2 aromatic rings. The van der Waals surface area contributed by atoms with Gasteiger partial charge in [-0.25, -0.2) is 0 Å². The monoisotopic (exact) mass is 352 g/mol. The van der Waals surface area contributed by atoms with Crippen molar-refractivity contribution in [1.82, 2.24) is 0 Å². The van der Waals surface area contributed by atoms with E-state index in [-0.39, 0.29) is 6.42 Å². The van der Waals surface area contributed by atoms with Crippen molar-refractivity contribution >= 4 is 17.6 Å². The van der Waals surface area contributed by atoms with Crippen molar-refractivity contribution in [2.75, 3.05) is 12.4 Å². The molecule has 0 aliphatic carbocycles. The lowest BCUT2D eigenvalue weighted by atomic mass is 10.1. The number of methoxy groups -OCH3 is 1. The fraction of sp³-hybridized carbons (Fsp3) is 0.250. The van der Waals surface area contributed by atoms with Crippen molar-refractivity contribution in [2.24, 2.45) is 0 Å². The number of aryl methyl sites for hydroxylation is 1. The summed E-state index contributed by atoms with van der Waals surface area (Å²) in [4.78, 5) is 24.4. The van der Waals surface area contributed by atoms with Gasteiger partial charge in [-0.05, 0) is 32.0 Å². The van der Waals surface area contributed by atoms with Crippen LogP contribution in [0.4, 0.5) is 5.69 Å². The summed E-state index contributed by atoms with van der Waals surface area (Å²) in [6.45, 7) is 3.40. The number of ether oxygens (including phenoxy) is 2. The number of para-hydroxylation sites is 1. The van der Waals surface area contributed by atoms with Crippen LogP contribution in [0.2, 0.25) is 0 Å². The second kappa shape index (κ2) is 8.67. The molecule has 0 aliphatic heterocycles. The Morgan fingerprint density at radius 2 is 1.96 bits per heavy atom. The second-order valence-corrected chi connectivity index (χ2v) is 5.77. The highest BCUT2D eigenvalue weighted by atomic mass is 16.5. The number of nitrogens with zero attached hydrogens (tertiary/aromatic N) is 1. The van der Waals surface area contributed by atoms with E-state index in [9.17, 15) is 9.59 Å². The maximum Gasteiger partial charge on any atom is 0.311 e. The number of hydrogen-bond donors (Lipinski definition) is 1. The van der Waals surface area contributed by atoms with E-state index >= 15 is 0 Å². The fourth-order valence-corrected chi connectivity index (χ4v) is 2.42. The van der Waals surface area contributed by atoms with Crippen molar-refractivity contribution in [2.45, 2.75) is 26.4 Å². The highest BCUT2D eigenvalue weighted by Crippen LogP contribution is 2.21. The highest BCUT2D eigenvalue weighted by Gasteiger charge is 2.20. The summed E-state index contributed by atoms with van der Waals surface area (Å²) in [5, 5.41) is 11.7. The standard InChI is InChI=1S/C20H20N2O4/c1-13-8-9-18(25-3)16(10-13)11-19(23)26-14(2)20(24)22-17-7-5-4-6-15(17)12-21/h4-10,14H,11H2,1-3H3,(H,22,24)/t14-/m0/s1. The zero-order valence-corrected chi connectivity index (χ0v) is 14.9. The predicted molar refractivity (Wildman–Crippen MR) is 96.8 cm³/mol. The number of anilines is 1. The number of amides is 1. The van der Waals surface area contributed by atoms with E-state index < -0.39 is 18.0 Å². The number of hydrogen-bond acceptors (Lipinski definition) is 5. The highest BCUT2D eigenvalue weighted by molar-refractivity contribution is 5.96. The molecule has 0 saturated heterocycles. The van der Waals surface area contributed by atoms with Gasteiger partial charge in [0.2, 0.25) is 0 Å². The van der Waals surface area contributed by atoms with E-state index in [0.717, 1.165) is 5.56 Å². The Labute approximate surface area is 152 Å². The molecule has 0 fully saturated rings. The molecule has 0 spiro atoms. The van der Waals surface area contributed by atoms with Crippen LogP contribution in [0.1, 0.15) is 23.6 Å². The number of nitrogens with one attached hydrogen (secondary N) is 1. The number of benzene rings is 2. The van der Waals surface area contributed by atoms with Gasteiger partial charge in [0.1, 0.15) is 11.8 Å². The minimum atomic E-state index is -0.995. The summed E-state index contributed by atoms with van der Waals surface area (Å²) in [5.41, 5.74) is 2.40. The number of carbonyl (C=O) groups is 2. The van der Waals surface area contributed by atoms with Crippen LogP contribution < -0.4 is 10.1 Å². The second-order valence-electron chi connectivity index (χ2n) is 5.77. The Hall–Kier alpha value is -3.33. The maximum absolute atomic E-state index is 12.2. The Morgan fingerprint density at radius 1 is 1.23 bits per heavy atom. The number of nitriles is 1. The summed E-state index contributed by atoms with van der Waals surface area (Å²) in [7, 11) is 1.53. The summed E-state index contributed by atoms with van der Waals surface area (Å²) >= 11 is 0. The third-order valence-corrected chi connectivity index (χ3v) is 3.75. The van der Waals surface area contributed by atoms with E-state index in [4.69, 9.17) is 14.7 Å². The van der Waals surface area contributed by atoms with E-state index in [0.29, 0.717) is 22.6 Å². The normalized spacial score (nSPS) is 11.2. The fourth-order valence-electron chi connectivity index (χ4n) is 2.42. The minimum Gasteiger partial charge on any atom is -0.496 e. The van der Waals surface area contributed by atoms with Gasteiger partial charge in [0.25, 0.3) is 5.91 Å². The molecule has 1 N–H and O–H groups in total. The van der Waals surface area contributed by atoms with E-state index in [1.165, 1.54) is 14.0 Å². The first-order valence-corrected chi connectivity index (χ1v) is 8.07. The van der Waals surface area contributed by atoms with Gasteiger partial charge in [0.15, 0.2) is 6.10 Å². The van der Waals surface area contributed by atoms with Gasteiger partial charge in [0.05, 0.1) is 24.8 Å².